The van der Waals surface area contributed by atoms with Gasteiger partial charge in [-0.15, -0.1) is 11.3 Å². The molecule has 0 saturated heterocycles. The first-order valence-corrected chi connectivity index (χ1v) is 8.48. The fourth-order valence-corrected chi connectivity index (χ4v) is 2.72. The third-order valence-electron chi connectivity index (χ3n) is 3.35. The molecular formula is C17H17N3O4S. The maximum absolute atomic E-state index is 12.2. The van der Waals surface area contributed by atoms with Gasteiger partial charge in [0.25, 0.3) is 5.91 Å². The van der Waals surface area contributed by atoms with E-state index >= 15 is 0 Å². The number of hydrogen-bond acceptors (Lipinski definition) is 7. The number of thiophene rings is 1. The van der Waals surface area contributed by atoms with Crippen molar-refractivity contribution in [1.82, 2.24) is 15.5 Å². The lowest BCUT2D eigenvalue weighted by Gasteiger charge is -2.14. The van der Waals surface area contributed by atoms with Crippen LogP contribution in [-0.2, 0) is 11.3 Å². The van der Waals surface area contributed by atoms with Crippen LogP contribution in [0, 0.1) is 0 Å². The summed E-state index contributed by atoms with van der Waals surface area (Å²) in [5.74, 6) is 1.79. The van der Waals surface area contributed by atoms with Crippen molar-refractivity contribution in [1.29, 1.82) is 0 Å². The SMILES string of the molecule is COc1cccc(OC(C)C(=O)NCc2nc(-c3cccs3)no2)c1. The summed E-state index contributed by atoms with van der Waals surface area (Å²) in [6.45, 7) is 1.81. The highest BCUT2D eigenvalue weighted by molar-refractivity contribution is 7.13. The average molecular weight is 359 g/mol. The highest BCUT2D eigenvalue weighted by Crippen LogP contribution is 2.21. The molecule has 7 nitrogen and oxygen atoms in total. The molecule has 2 aromatic heterocycles. The number of methoxy groups -OCH3 is 1. The topological polar surface area (TPSA) is 86.5 Å². The molecule has 0 bridgehead atoms. The molecule has 0 saturated carbocycles. The molecule has 1 unspecified atom stereocenters. The van der Waals surface area contributed by atoms with Crippen LogP contribution in [-0.4, -0.2) is 29.3 Å². The number of hydrogen-bond donors (Lipinski definition) is 1. The molecule has 0 aliphatic heterocycles. The van der Waals surface area contributed by atoms with E-state index in [9.17, 15) is 4.79 Å². The van der Waals surface area contributed by atoms with Gasteiger partial charge in [-0.25, -0.2) is 0 Å². The van der Waals surface area contributed by atoms with Gasteiger partial charge in [0.15, 0.2) is 6.10 Å². The van der Waals surface area contributed by atoms with Gasteiger partial charge in [0.2, 0.25) is 11.7 Å². The lowest BCUT2D eigenvalue weighted by Crippen LogP contribution is -2.36. The second-order valence-corrected chi connectivity index (χ2v) is 6.09. The molecule has 8 heteroatoms. The molecule has 1 amide bonds. The summed E-state index contributed by atoms with van der Waals surface area (Å²) in [5.41, 5.74) is 0. The van der Waals surface area contributed by atoms with Gasteiger partial charge in [-0.1, -0.05) is 17.3 Å². The van der Waals surface area contributed by atoms with Gasteiger partial charge in [0.05, 0.1) is 18.5 Å². The Morgan fingerprint density at radius 1 is 1.32 bits per heavy atom. The van der Waals surface area contributed by atoms with Gasteiger partial charge in [-0.3, -0.25) is 4.79 Å². The first-order chi connectivity index (χ1) is 12.2. The second-order valence-electron chi connectivity index (χ2n) is 5.15. The second kappa shape index (κ2) is 7.80. The monoisotopic (exact) mass is 359 g/mol. The normalized spacial score (nSPS) is 11.8. The highest BCUT2D eigenvalue weighted by atomic mass is 32.1. The van der Waals surface area contributed by atoms with E-state index in [0.717, 1.165) is 4.88 Å². The van der Waals surface area contributed by atoms with E-state index in [1.807, 2.05) is 17.5 Å². The summed E-state index contributed by atoms with van der Waals surface area (Å²) in [5, 5.41) is 8.55. The first kappa shape index (κ1) is 17.0. The predicted octanol–water partition coefficient (Wildman–Crippen LogP) is 2.89. The zero-order valence-electron chi connectivity index (χ0n) is 13.8. The van der Waals surface area contributed by atoms with Crippen LogP contribution in [0.15, 0.2) is 46.3 Å². The Labute approximate surface area is 148 Å². The molecule has 1 aromatic carbocycles. The number of benzene rings is 1. The summed E-state index contributed by atoms with van der Waals surface area (Å²) >= 11 is 1.52. The van der Waals surface area contributed by atoms with Crippen LogP contribution in [0.25, 0.3) is 10.7 Å². The van der Waals surface area contributed by atoms with E-state index in [1.54, 1.807) is 38.3 Å². The molecule has 1 atom stereocenters. The molecule has 1 N–H and O–H groups in total. The Morgan fingerprint density at radius 2 is 2.16 bits per heavy atom. The van der Waals surface area contributed by atoms with E-state index in [1.165, 1.54) is 11.3 Å². The Morgan fingerprint density at radius 3 is 2.92 bits per heavy atom. The number of carbonyl (C=O) groups excluding carboxylic acids is 1. The van der Waals surface area contributed by atoms with Gasteiger partial charge >= 0.3 is 0 Å². The predicted molar refractivity (Wildman–Crippen MR) is 92.5 cm³/mol. The maximum atomic E-state index is 12.2. The largest absolute Gasteiger partial charge is 0.497 e. The quantitative estimate of drug-likeness (QED) is 0.698. The third kappa shape index (κ3) is 4.36. The number of aromatic nitrogens is 2. The number of nitrogens with one attached hydrogen (secondary N) is 1. The van der Waals surface area contributed by atoms with Crippen molar-refractivity contribution < 1.29 is 18.8 Å². The van der Waals surface area contributed by atoms with Crippen molar-refractivity contribution in [2.24, 2.45) is 0 Å². The van der Waals surface area contributed by atoms with Gasteiger partial charge < -0.3 is 19.3 Å². The van der Waals surface area contributed by atoms with Crippen molar-refractivity contribution in [3.8, 4) is 22.2 Å². The minimum absolute atomic E-state index is 0.142. The van der Waals surface area contributed by atoms with Crippen LogP contribution in [0.5, 0.6) is 11.5 Å². The molecule has 0 aliphatic carbocycles. The van der Waals surface area contributed by atoms with Crippen LogP contribution in [0.3, 0.4) is 0 Å². The van der Waals surface area contributed by atoms with Crippen molar-refractivity contribution >= 4 is 17.2 Å². The van der Waals surface area contributed by atoms with Gasteiger partial charge in [0.1, 0.15) is 11.5 Å². The van der Waals surface area contributed by atoms with Crippen LogP contribution in [0.1, 0.15) is 12.8 Å². The van der Waals surface area contributed by atoms with Crippen LogP contribution >= 0.6 is 11.3 Å². The molecule has 3 aromatic rings. The summed E-state index contributed by atoms with van der Waals surface area (Å²) < 4.78 is 15.9. The minimum atomic E-state index is -0.674. The number of amides is 1. The van der Waals surface area contributed by atoms with E-state index in [-0.39, 0.29) is 12.5 Å². The Hall–Kier alpha value is -2.87. The fraction of sp³-hybridized carbons (Fsp3) is 0.235. The average Bonchev–Trinajstić information content (AvgIpc) is 3.31. The molecule has 130 valence electrons. The van der Waals surface area contributed by atoms with Gasteiger partial charge in [-0.05, 0) is 30.5 Å². The van der Waals surface area contributed by atoms with Crippen molar-refractivity contribution in [2.75, 3.05) is 7.11 Å². The molecule has 0 spiro atoms. The Balaban J connectivity index is 1.53. The zero-order chi connectivity index (χ0) is 17.6. The van der Waals surface area contributed by atoms with Crippen molar-refractivity contribution in [2.45, 2.75) is 19.6 Å². The number of carbonyl (C=O) groups is 1. The van der Waals surface area contributed by atoms with Gasteiger partial charge in [-0.2, -0.15) is 4.98 Å². The third-order valence-corrected chi connectivity index (χ3v) is 4.21. The number of nitrogens with zero attached hydrogens (tertiary/aromatic N) is 2. The van der Waals surface area contributed by atoms with E-state index < -0.39 is 6.10 Å². The molecule has 2 heterocycles. The van der Waals surface area contributed by atoms with Gasteiger partial charge in [0, 0.05) is 6.07 Å². The van der Waals surface area contributed by atoms with E-state index in [4.69, 9.17) is 14.0 Å². The van der Waals surface area contributed by atoms with Crippen molar-refractivity contribution in [3.05, 3.63) is 47.7 Å². The molecule has 0 fully saturated rings. The smallest absolute Gasteiger partial charge is 0.261 e. The molecule has 0 radical (unpaired) electrons. The minimum Gasteiger partial charge on any atom is -0.497 e. The summed E-state index contributed by atoms with van der Waals surface area (Å²) in [4.78, 5) is 17.3. The maximum Gasteiger partial charge on any atom is 0.261 e. The zero-order valence-corrected chi connectivity index (χ0v) is 14.6. The first-order valence-electron chi connectivity index (χ1n) is 7.60. The molecule has 0 aliphatic rings. The van der Waals surface area contributed by atoms with E-state index in [2.05, 4.69) is 15.5 Å². The van der Waals surface area contributed by atoms with Crippen LogP contribution in [0.2, 0.25) is 0 Å². The lowest BCUT2D eigenvalue weighted by molar-refractivity contribution is -0.127. The van der Waals surface area contributed by atoms with Crippen LogP contribution in [0.4, 0.5) is 0 Å². The number of ether oxygens (including phenoxy) is 2. The molecular weight excluding hydrogens is 342 g/mol. The summed E-state index contributed by atoms with van der Waals surface area (Å²) in [6, 6.07) is 10.9. The molecule has 3 rings (SSSR count). The summed E-state index contributed by atoms with van der Waals surface area (Å²) in [7, 11) is 1.57. The summed E-state index contributed by atoms with van der Waals surface area (Å²) in [6.07, 6.45) is -0.674. The Kier molecular flexibility index (Phi) is 5.30. The fourth-order valence-electron chi connectivity index (χ4n) is 2.07. The van der Waals surface area contributed by atoms with Crippen molar-refractivity contribution in [3.63, 3.8) is 0 Å². The number of rotatable bonds is 7. The Bertz CT molecular complexity index is 832. The lowest BCUT2D eigenvalue weighted by atomic mass is 10.3. The van der Waals surface area contributed by atoms with Crippen LogP contribution < -0.4 is 14.8 Å². The highest BCUT2D eigenvalue weighted by Gasteiger charge is 2.16. The van der Waals surface area contributed by atoms with E-state index in [0.29, 0.717) is 23.2 Å². The standard InChI is InChI=1S/C17H17N3O4S/c1-11(23-13-6-3-5-12(9-13)22-2)17(21)18-10-15-19-16(20-24-15)14-7-4-8-25-14/h3-9,11H,10H2,1-2H3,(H,18,21). The molecule has 25 heavy (non-hydrogen) atoms.